The number of aromatic nitrogens is 2. The fourth-order valence-electron chi connectivity index (χ4n) is 1.74. The van der Waals surface area contributed by atoms with Gasteiger partial charge in [-0.1, -0.05) is 10.3 Å². The second-order valence-corrected chi connectivity index (χ2v) is 6.24. The first-order valence-electron chi connectivity index (χ1n) is 5.81. The number of aryl methyl sites for hydroxylation is 2. The van der Waals surface area contributed by atoms with Gasteiger partial charge in [-0.2, -0.15) is 0 Å². The van der Waals surface area contributed by atoms with Crippen LogP contribution in [-0.4, -0.2) is 31.8 Å². The van der Waals surface area contributed by atoms with Crippen LogP contribution in [0.2, 0.25) is 0 Å². The van der Waals surface area contributed by atoms with Gasteiger partial charge in [0.2, 0.25) is 0 Å². The van der Waals surface area contributed by atoms with Gasteiger partial charge in [-0.25, -0.2) is 9.97 Å². The quantitative estimate of drug-likeness (QED) is 0.517. The summed E-state index contributed by atoms with van der Waals surface area (Å²) < 4.78 is 0. The van der Waals surface area contributed by atoms with Crippen molar-refractivity contribution >= 4 is 34.1 Å². The maximum absolute atomic E-state index is 8.86. The minimum atomic E-state index is 0.535. The molecule has 106 valence electrons. The average Bonchev–Trinajstić information content (AvgIpc) is 3.00. The van der Waals surface area contributed by atoms with Gasteiger partial charge < -0.3 is 10.4 Å². The van der Waals surface area contributed by atoms with Crippen molar-refractivity contribution in [3.05, 3.63) is 21.1 Å². The van der Waals surface area contributed by atoms with E-state index in [9.17, 15) is 0 Å². The van der Waals surface area contributed by atoms with E-state index in [1.807, 2.05) is 13.8 Å². The molecule has 0 saturated heterocycles. The van der Waals surface area contributed by atoms with Gasteiger partial charge in [-0.3, -0.25) is 0 Å². The molecule has 0 saturated carbocycles. The van der Waals surface area contributed by atoms with Crippen LogP contribution < -0.4 is 0 Å². The smallest absolute Gasteiger partial charge is 0.153 e. The first kappa shape index (κ1) is 14.6. The molecule has 0 aromatic carbocycles. The summed E-state index contributed by atoms with van der Waals surface area (Å²) in [6, 6.07) is 0. The molecule has 2 aromatic rings. The van der Waals surface area contributed by atoms with Gasteiger partial charge in [0, 0.05) is 0 Å². The van der Waals surface area contributed by atoms with Gasteiger partial charge in [0.15, 0.2) is 10.0 Å². The molecule has 2 aromatic heterocycles. The van der Waals surface area contributed by atoms with Crippen molar-refractivity contribution in [2.75, 3.05) is 0 Å². The topological polar surface area (TPSA) is 91.0 Å². The Balaban J connectivity index is 2.48. The zero-order valence-electron chi connectivity index (χ0n) is 11.5. The van der Waals surface area contributed by atoms with E-state index in [2.05, 4.69) is 20.3 Å². The van der Waals surface area contributed by atoms with Crippen molar-refractivity contribution in [2.24, 2.45) is 10.3 Å². The van der Waals surface area contributed by atoms with Crippen molar-refractivity contribution in [2.45, 2.75) is 27.7 Å². The molecule has 0 aliphatic carbocycles. The van der Waals surface area contributed by atoms with Crippen LogP contribution in [0.3, 0.4) is 0 Å². The summed E-state index contributed by atoms with van der Waals surface area (Å²) >= 11 is 2.86. The zero-order valence-corrected chi connectivity index (χ0v) is 13.1. The Kier molecular flexibility index (Phi) is 4.15. The Hall–Kier alpha value is -1.80. The zero-order chi connectivity index (χ0) is 14.9. The molecular weight excluding hydrogens is 296 g/mol. The third-order valence-electron chi connectivity index (χ3n) is 2.73. The van der Waals surface area contributed by atoms with Crippen LogP contribution >= 0.6 is 22.7 Å². The van der Waals surface area contributed by atoms with Crippen molar-refractivity contribution in [1.82, 2.24) is 9.97 Å². The van der Waals surface area contributed by atoms with E-state index in [4.69, 9.17) is 10.4 Å². The van der Waals surface area contributed by atoms with E-state index in [-0.39, 0.29) is 0 Å². The first-order chi connectivity index (χ1) is 9.47. The molecule has 8 heteroatoms. The molecule has 0 radical (unpaired) electrons. The fraction of sp³-hybridized carbons (Fsp3) is 0.333. The molecule has 0 aliphatic rings. The van der Waals surface area contributed by atoms with Crippen LogP contribution in [0.25, 0.3) is 10.0 Å². The molecule has 20 heavy (non-hydrogen) atoms. The first-order valence-corrected chi connectivity index (χ1v) is 7.44. The standard InChI is InChI=1S/C12H14N4O2S2/c1-5-9(7(3)15-17)19-11(13-5)12-14-6(2)10(20-12)8(4)16-18/h17-18H,1-4H3/b15-7+,16-8+. The second kappa shape index (κ2) is 5.68. The highest BCUT2D eigenvalue weighted by Gasteiger charge is 2.17. The Labute approximate surface area is 124 Å². The van der Waals surface area contributed by atoms with E-state index in [0.717, 1.165) is 31.2 Å². The summed E-state index contributed by atoms with van der Waals surface area (Å²) in [5.74, 6) is 0. The molecule has 0 aliphatic heterocycles. The van der Waals surface area contributed by atoms with Crippen LogP contribution in [0.4, 0.5) is 0 Å². The van der Waals surface area contributed by atoms with Crippen LogP contribution in [-0.2, 0) is 0 Å². The molecule has 0 spiro atoms. The third kappa shape index (κ3) is 2.56. The van der Waals surface area contributed by atoms with Crippen molar-refractivity contribution in [3.63, 3.8) is 0 Å². The van der Waals surface area contributed by atoms with E-state index in [1.54, 1.807) is 13.8 Å². The average molecular weight is 310 g/mol. The van der Waals surface area contributed by atoms with Gasteiger partial charge in [0.1, 0.15) is 0 Å². The van der Waals surface area contributed by atoms with Gasteiger partial charge in [-0.05, 0) is 27.7 Å². The summed E-state index contributed by atoms with van der Waals surface area (Å²) in [4.78, 5) is 10.6. The Morgan fingerprint density at radius 3 is 1.50 bits per heavy atom. The lowest BCUT2D eigenvalue weighted by Gasteiger charge is -1.91. The van der Waals surface area contributed by atoms with Crippen molar-refractivity contribution < 1.29 is 10.4 Å². The molecule has 2 rings (SSSR count). The number of oxime groups is 2. The lowest BCUT2D eigenvalue weighted by Crippen LogP contribution is -1.92. The monoisotopic (exact) mass is 310 g/mol. The van der Waals surface area contributed by atoms with Crippen molar-refractivity contribution in [3.8, 4) is 10.0 Å². The van der Waals surface area contributed by atoms with E-state index in [0.29, 0.717) is 11.4 Å². The molecule has 0 atom stereocenters. The number of thiazole rings is 2. The predicted molar refractivity (Wildman–Crippen MR) is 80.7 cm³/mol. The highest BCUT2D eigenvalue weighted by molar-refractivity contribution is 7.23. The molecule has 0 unspecified atom stereocenters. The molecule has 2 N–H and O–H groups in total. The third-order valence-corrected chi connectivity index (χ3v) is 5.41. The number of hydrogen-bond donors (Lipinski definition) is 2. The summed E-state index contributed by atoms with van der Waals surface area (Å²) in [6.07, 6.45) is 0. The molecule has 0 amide bonds. The van der Waals surface area contributed by atoms with Gasteiger partial charge >= 0.3 is 0 Å². The molecule has 6 nitrogen and oxygen atoms in total. The number of nitrogens with zero attached hydrogens (tertiary/aromatic N) is 4. The van der Waals surface area contributed by atoms with Crippen LogP contribution in [0.15, 0.2) is 10.3 Å². The maximum atomic E-state index is 8.86. The SMILES string of the molecule is C/C(=N\O)c1sc(-c2nc(C)c(/C(C)=N/O)s2)nc1C. The highest BCUT2D eigenvalue weighted by Crippen LogP contribution is 2.33. The van der Waals surface area contributed by atoms with Crippen LogP contribution in [0, 0.1) is 13.8 Å². The van der Waals surface area contributed by atoms with Gasteiger partial charge in [-0.15, -0.1) is 22.7 Å². The molecule has 2 heterocycles. The normalized spacial score (nSPS) is 13.0. The van der Waals surface area contributed by atoms with E-state index >= 15 is 0 Å². The molecule has 0 bridgehead atoms. The second-order valence-electron chi connectivity index (χ2n) is 4.24. The van der Waals surface area contributed by atoms with Gasteiger partial charge in [0.05, 0.1) is 32.6 Å². The summed E-state index contributed by atoms with van der Waals surface area (Å²) in [6.45, 7) is 7.19. The van der Waals surface area contributed by atoms with E-state index < -0.39 is 0 Å². The Bertz CT molecular complexity index is 640. The minimum absolute atomic E-state index is 0.535. The lowest BCUT2D eigenvalue weighted by atomic mass is 10.3. The number of rotatable bonds is 3. The maximum Gasteiger partial charge on any atom is 0.153 e. The summed E-state index contributed by atoms with van der Waals surface area (Å²) in [7, 11) is 0. The van der Waals surface area contributed by atoms with Gasteiger partial charge in [0.25, 0.3) is 0 Å². The van der Waals surface area contributed by atoms with Crippen LogP contribution in [0.5, 0.6) is 0 Å². The highest BCUT2D eigenvalue weighted by atomic mass is 32.1. The fourth-order valence-corrected chi connectivity index (χ4v) is 3.77. The van der Waals surface area contributed by atoms with Crippen molar-refractivity contribution in [1.29, 1.82) is 0 Å². The summed E-state index contributed by atoms with van der Waals surface area (Å²) in [5, 5.41) is 25.7. The van der Waals surface area contributed by atoms with E-state index in [1.165, 1.54) is 22.7 Å². The molecule has 0 fully saturated rings. The summed E-state index contributed by atoms with van der Waals surface area (Å²) in [5.41, 5.74) is 2.69. The van der Waals surface area contributed by atoms with Crippen LogP contribution in [0.1, 0.15) is 35.0 Å². The Morgan fingerprint density at radius 2 is 1.20 bits per heavy atom. The number of hydrogen-bond acceptors (Lipinski definition) is 8. The largest absolute Gasteiger partial charge is 0.411 e. The lowest BCUT2D eigenvalue weighted by molar-refractivity contribution is 0.319. The molecular formula is C12H14N4O2S2. The Morgan fingerprint density at radius 1 is 0.850 bits per heavy atom. The minimum Gasteiger partial charge on any atom is -0.411 e. The predicted octanol–water partition coefficient (Wildman–Crippen LogP) is 3.28.